The van der Waals surface area contributed by atoms with Crippen LogP contribution in [0.3, 0.4) is 0 Å². The number of nitrogens with zero attached hydrogens (tertiary/aromatic N) is 1. The van der Waals surface area contributed by atoms with Gasteiger partial charge in [-0.05, 0) is 29.9 Å². The van der Waals surface area contributed by atoms with Gasteiger partial charge >= 0.3 is 0 Å². The fourth-order valence-electron chi connectivity index (χ4n) is 2.77. The number of thiazole rings is 1. The first kappa shape index (κ1) is 18.3. The third kappa shape index (κ3) is 4.79. The Hall–Kier alpha value is -2.46. The normalized spacial score (nSPS) is 11.9. The van der Waals surface area contributed by atoms with E-state index in [1.54, 1.807) is 0 Å². The maximum absolute atomic E-state index is 12.1. The van der Waals surface area contributed by atoms with Gasteiger partial charge in [0.05, 0.1) is 5.69 Å². The van der Waals surface area contributed by atoms with Crippen LogP contribution in [0.4, 0.5) is 5.13 Å². The first-order chi connectivity index (χ1) is 12.7. The van der Waals surface area contributed by atoms with Gasteiger partial charge in [0.1, 0.15) is 0 Å². The zero-order chi connectivity index (χ0) is 18.4. The van der Waals surface area contributed by atoms with Crippen molar-refractivity contribution >= 4 is 22.4 Å². The molecule has 0 fully saturated rings. The Labute approximate surface area is 159 Å². The molecule has 2 aromatic carbocycles. The quantitative estimate of drug-likeness (QED) is 0.567. The van der Waals surface area contributed by atoms with Crippen LogP contribution in [0.15, 0.2) is 60.0 Å². The molecule has 0 aliphatic carbocycles. The molecule has 4 heteroatoms. The van der Waals surface area contributed by atoms with Crippen molar-refractivity contribution < 1.29 is 4.79 Å². The van der Waals surface area contributed by atoms with Crippen LogP contribution in [0.1, 0.15) is 43.7 Å². The number of rotatable bonds is 7. The van der Waals surface area contributed by atoms with Crippen LogP contribution in [0.5, 0.6) is 0 Å². The highest BCUT2D eigenvalue weighted by molar-refractivity contribution is 7.14. The van der Waals surface area contributed by atoms with Gasteiger partial charge in [0, 0.05) is 17.4 Å². The van der Waals surface area contributed by atoms with Crippen LogP contribution in [0, 0.1) is 0 Å². The highest BCUT2D eigenvalue weighted by atomic mass is 32.1. The molecule has 0 aliphatic rings. The predicted molar refractivity (Wildman–Crippen MR) is 110 cm³/mol. The first-order valence-electron chi connectivity index (χ1n) is 9.05. The maximum Gasteiger partial charge on any atom is 0.226 e. The van der Waals surface area contributed by atoms with Gasteiger partial charge in [0.2, 0.25) is 5.91 Å². The molecule has 1 heterocycles. The van der Waals surface area contributed by atoms with Gasteiger partial charge in [-0.2, -0.15) is 0 Å². The Morgan fingerprint density at radius 1 is 1.12 bits per heavy atom. The Bertz CT molecular complexity index is 840. The summed E-state index contributed by atoms with van der Waals surface area (Å²) >= 11 is 1.47. The minimum atomic E-state index is 0.00173. The van der Waals surface area contributed by atoms with E-state index in [-0.39, 0.29) is 5.91 Å². The second-order valence-corrected chi connectivity index (χ2v) is 7.36. The molecule has 0 saturated carbocycles. The van der Waals surface area contributed by atoms with E-state index in [0.29, 0.717) is 17.5 Å². The Kier molecular flexibility index (Phi) is 6.18. The lowest BCUT2D eigenvalue weighted by atomic mass is 9.97. The van der Waals surface area contributed by atoms with Crippen molar-refractivity contribution in [2.45, 2.75) is 39.0 Å². The van der Waals surface area contributed by atoms with E-state index in [9.17, 15) is 4.79 Å². The average molecular weight is 365 g/mol. The second kappa shape index (κ2) is 8.77. The summed E-state index contributed by atoms with van der Waals surface area (Å²) in [6.07, 6.45) is 2.33. The topological polar surface area (TPSA) is 42.0 Å². The van der Waals surface area contributed by atoms with Crippen molar-refractivity contribution in [3.63, 3.8) is 0 Å². The SMILES string of the molecule is CCC(C)c1ccc(-c2csc(NC(=O)CCc3ccccc3)n2)cc1. The summed E-state index contributed by atoms with van der Waals surface area (Å²) in [7, 11) is 0. The Morgan fingerprint density at radius 3 is 2.54 bits per heavy atom. The van der Waals surface area contributed by atoms with Crippen LogP contribution in [-0.2, 0) is 11.2 Å². The van der Waals surface area contributed by atoms with Crippen molar-refractivity contribution in [2.75, 3.05) is 5.32 Å². The number of amides is 1. The number of hydrogen-bond donors (Lipinski definition) is 1. The number of nitrogens with one attached hydrogen (secondary N) is 1. The minimum absolute atomic E-state index is 0.00173. The molecule has 0 spiro atoms. The molecule has 1 unspecified atom stereocenters. The molecule has 26 heavy (non-hydrogen) atoms. The number of anilines is 1. The number of benzene rings is 2. The van der Waals surface area contributed by atoms with E-state index >= 15 is 0 Å². The van der Waals surface area contributed by atoms with E-state index < -0.39 is 0 Å². The average Bonchev–Trinajstić information content (AvgIpc) is 3.15. The van der Waals surface area contributed by atoms with Crippen LogP contribution in [0.2, 0.25) is 0 Å². The summed E-state index contributed by atoms with van der Waals surface area (Å²) in [4.78, 5) is 16.7. The second-order valence-electron chi connectivity index (χ2n) is 6.50. The van der Waals surface area contributed by atoms with E-state index in [1.165, 1.54) is 22.5 Å². The summed E-state index contributed by atoms with van der Waals surface area (Å²) in [5.74, 6) is 0.570. The molecule has 3 aromatic rings. The van der Waals surface area contributed by atoms with Crippen molar-refractivity contribution in [3.05, 3.63) is 71.1 Å². The number of carbonyl (C=O) groups is 1. The number of aromatic nitrogens is 1. The minimum Gasteiger partial charge on any atom is -0.302 e. The standard InChI is InChI=1S/C22H24N2OS/c1-3-16(2)18-10-12-19(13-11-18)20-15-26-22(23-20)24-21(25)14-9-17-7-5-4-6-8-17/h4-8,10-13,15-16H,3,9,14H2,1-2H3,(H,23,24,25). The van der Waals surface area contributed by atoms with E-state index in [2.05, 4.69) is 48.4 Å². The molecule has 3 rings (SSSR count). The highest BCUT2D eigenvalue weighted by Gasteiger charge is 2.09. The summed E-state index contributed by atoms with van der Waals surface area (Å²) in [6.45, 7) is 4.44. The van der Waals surface area contributed by atoms with E-state index in [4.69, 9.17) is 0 Å². The van der Waals surface area contributed by atoms with Crippen molar-refractivity contribution in [1.82, 2.24) is 4.98 Å². The molecule has 1 amide bonds. The third-order valence-electron chi connectivity index (χ3n) is 4.62. The number of aryl methyl sites for hydroxylation is 1. The molecular formula is C22H24N2OS. The van der Waals surface area contributed by atoms with Gasteiger partial charge in [-0.1, -0.05) is 68.4 Å². The zero-order valence-corrected chi connectivity index (χ0v) is 16.1. The zero-order valence-electron chi connectivity index (χ0n) is 15.2. The lowest BCUT2D eigenvalue weighted by Crippen LogP contribution is -2.12. The predicted octanol–water partition coefficient (Wildman–Crippen LogP) is 5.89. The molecule has 134 valence electrons. The van der Waals surface area contributed by atoms with Crippen molar-refractivity contribution in [2.24, 2.45) is 0 Å². The van der Waals surface area contributed by atoms with Gasteiger partial charge in [-0.25, -0.2) is 4.98 Å². The van der Waals surface area contributed by atoms with E-state index in [0.717, 1.165) is 24.1 Å². The molecule has 0 saturated heterocycles. The third-order valence-corrected chi connectivity index (χ3v) is 5.38. The van der Waals surface area contributed by atoms with Gasteiger partial charge in [-0.3, -0.25) is 4.79 Å². The van der Waals surface area contributed by atoms with Gasteiger partial charge in [0.15, 0.2) is 5.13 Å². The largest absolute Gasteiger partial charge is 0.302 e. The molecule has 1 aromatic heterocycles. The molecule has 1 N–H and O–H groups in total. The summed E-state index contributed by atoms with van der Waals surface area (Å²) in [6, 6.07) is 18.6. The van der Waals surface area contributed by atoms with Crippen LogP contribution < -0.4 is 5.32 Å². The van der Waals surface area contributed by atoms with Crippen molar-refractivity contribution in [1.29, 1.82) is 0 Å². The van der Waals surface area contributed by atoms with Crippen LogP contribution in [0.25, 0.3) is 11.3 Å². The molecule has 3 nitrogen and oxygen atoms in total. The fourth-order valence-corrected chi connectivity index (χ4v) is 3.50. The summed E-state index contributed by atoms with van der Waals surface area (Å²) < 4.78 is 0. The Balaban J connectivity index is 1.58. The monoisotopic (exact) mass is 364 g/mol. The van der Waals surface area contributed by atoms with Gasteiger partial charge in [-0.15, -0.1) is 11.3 Å². The maximum atomic E-state index is 12.1. The molecule has 0 radical (unpaired) electrons. The Morgan fingerprint density at radius 2 is 1.85 bits per heavy atom. The van der Waals surface area contributed by atoms with E-state index in [1.807, 2.05) is 35.7 Å². The lowest BCUT2D eigenvalue weighted by molar-refractivity contribution is -0.116. The molecule has 1 atom stereocenters. The molecule has 0 aliphatic heterocycles. The number of hydrogen-bond acceptors (Lipinski definition) is 3. The first-order valence-corrected chi connectivity index (χ1v) is 9.93. The summed E-state index contributed by atoms with van der Waals surface area (Å²) in [5.41, 5.74) is 4.51. The fraction of sp³-hybridized carbons (Fsp3) is 0.273. The van der Waals surface area contributed by atoms with Gasteiger partial charge < -0.3 is 5.32 Å². The van der Waals surface area contributed by atoms with Gasteiger partial charge in [0.25, 0.3) is 0 Å². The lowest BCUT2D eigenvalue weighted by Gasteiger charge is -2.08. The summed E-state index contributed by atoms with van der Waals surface area (Å²) in [5, 5.41) is 5.56. The number of carbonyl (C=O) groups excluding carboxylic acids is 1. The molecule has 0 bridgehead atoms. The highest BCUT2D eigenvalue weighted by Crippen LogP contribution is 2.27. The molecular weight excluding hydrogens is 340 g/mol. The van der Waals surface area contributed by atoms with Crippen LogP contribution in [-0.4, -0.2) is 10.9 Å². The smallest absolute Gasteiger partial charge is 0.226 e. The van der Waals surface area contributed by atoms with Crippen molar-refractivity contribution in [3.8, 4) is 11.3 Å². The van der Waals surface area contributed by atoms with Crippen LogP contribution >= 0.6 is 11.3 Å².